The molecule has 2 N–H and O–H groups in total. The number of nitriles is 1. The average molecular weight is 464 g/mol. The van der Waals surface area contributed by atoms with Crippen molar-refractivity contribution in [2.45, 2.75) is 29.5 Å². The Morgan fingerprint density at radius 3 is 2.66 bits per heavy atom. The summed E-state index contributed by atoms with van der Waals surface area (Å²) < 4.78 is 0.770. The number of hydrogen-bond acceptors (Lipinski definition) is 8. The maximum absolute atomic E-state index is 13.1. The molecule has 2 aromatic rings. The van der Waals surface area contributed by atoms with Crippen LogP contribution in [-0.2, 0) is 4.79 Å². The Labute approximate surface area is 186 Å². The Kier molecular flexibility index (Phi) is 5.58. The van der Waals surface area contributed by atoms with E-state index in [2.05, 4.69) is 16.3 Å². The van der Waals surface area contributed by atoms with Crippen molar-refractivity contribution in [1.82, 2.24) is 10.2 Å². The molecule has 0 saturated heterocycles. The molecule has 0 fully saturated rings. The van der Waals surface area contributed by atoms with E-state index in [4.69, 9.17) is 28.9 Å². The van der Waals surface area contributed by atoms with Gasteiger partial charge in [-0.2, -0.15) is 5.26 Å². The Balaban J connectivity index is 2.00. The van der Waals surface area contributed by atoms with E-state index in [0.717, 1.165) is 10.0 Å². The maximum atomic E-state index is 13.1. The molecular formula is C19H15Cl2N5OS2. The zero-order valence-corrected chi connectivity index (χ0v) is 18.4. The summed E-state index contributed by atoms with van der Waals surface area (Å²) >= 11 is 15.8. The summed E-state index contributed by atoms with van der Waals surface area (Å²) in [5.41, 5.74) is 8.49. The summed E-state index contributed by atoms with van der Waals surface area (Å²) in [5.74, 6) is -0.508. The van der Waals surface area contributed by atoms with Gasteiger partial charge in [0.25, 0.3) is 0 Å². The van der Waals surface area contributed by atoms with Crippen LogP contribution in [0, 0.1) is 11.3 Å². The molecule has 1 aliphatic heterocycles. The van der Waals surface area contributed by atoms with Crippen LogP contribution in [0.5, 0.6) is 0 Å². The number of nitrogens with two attached hydrogens (primary N) is 1. The number of carbonyl (C=O) groups is 1. The third kappa shape index (κ3) is 3.32. The molecule has 2 heterocycles. The second-order valence-electron chi connectivity index (χ2n) is 6.51. The van der Waals surface area contributed by atoms with E-state index in [-0.39, 0.29) is 17.2 Å². The lowest BCUT2D eigenvalue weighted by Gasteiger charge is -2.38. The first kappa shape index (κ1) is 20.2. The van der Waals surface area contributed by atoms with Crippen LogP contribution in [0.25, 0.3) is 0 Å². The quantitative estimate of drug-likeness (QED) is 0.648. The number of ketones is 1. The molecule has 29 heavy (non-hydrogen) atoms. The van der Waals surface area contributed by atoms with Crippen LogP contribution in [-0.4, -0.2) is 22.2 Å². The standard InChI is InChI=1S/C19H15Cl2N5OS2/c1-28-19-25-24-18(29-19)26-12-6-3-7-13(27)16(12)14(9(8-22)17(26)23)15-10(20)4-2-5-11(15)21/h2,4-5,14H,3,6-7,23H2,1H3. The third-order valence-electron chi connectivity index (χ3n) is 4.96. The molecule has 10 heteroatoms. The Morgan fingerprint density at radius 2 is 2.03 bits per heavy atom. The summed E-state index contributed by atoms with van der Waals surface area (Å²) in [5, 5.41) is 19.7. The molecule has 0 radical (unpaired) electrons. The monoisotopic (exact) mass is 463 g/mol. The number of benzene rings is 1. The molecular weight excluding hydrogens is 449 g/mol. The summed E-state index contributed by atoms with van der Waals surface area (Å²) in [4.78, 5) is 14.8. The molecule has 1 unspecified atom stereocenters. The number of anilines is 1. The van der Waals surface area contributed by atoms with Gasteiger partial charge in [0.1, 0.15) is 5.82 Å². The van der Waals surface area contributed by atoms with Crippen LogP contribution in [0.3, 0.4) is 0 Å². The largest absolute Gasteiger partial charge is 0.384 e. The van der Waals surface area contributed by atoms with Crippen molar-refractivity contribution in [1.29, 1.82) is 5.26 Å². The van der Waals surface area contributed by atoms with Gasteiger partial charge in [-0.1, -0.05) is 52.4 Å². The number of carbonyl (C=O) groups excluding carboxylic acids is 1. The number of rotatable bonds is 3. The Bertz CT molecular complexity index is 1100. The number of allylic oxidation sites excluding steroid dienone is 3. The minimum Gasteiger partial charge on any atom is -0.384 e. The molecule has 4 rings (SSSR count). The van der Waals surface area contributed by atoms with Gasteiger partial charge in [0.05, 0.1) is 17.6 Å². The first-order valence-corrected chi connectivity index (χ1v) is 11.5. The molecule has 1 aromatic heterocycles. The van der Waals surface area contributed by atoms with Crippen LogP contribution >= 0.6 is 46.3 Å². The SMILES string of the molecule is CSc1nnc(N2C(N)=C(C#N)C(c3c(Cl)cccc3Cl)C3=C2CCCC3=O)s1. The molecule has 1 aromatic carbocycles. The Hall–Kier alpha value is -2.05. The highest BCUT2D eigenvalue weighted by atomic mass is 35.5. The van der Waals surface area contributed by atoms with Crippen molar-refractivity contribution < 1.29 is 4.79 Å². The van der Waals surface area contributed by atoms with Gasteiger partial charge in [0.15, 0.2) is 10.1 Å². The lowest BCUT2D eigenvalue weighted by atomic mass is 9.75. The summed E-state index contributed by atoms with van der Waals surface area (Å²) in [6.07, 6.45) is 3.63. The summed E-state index contributed by atoms with van der Waals surface area (Å²) in [7, 11) is 0. The maximum Gasteiger partial charge on any atom is 0.219 e. The van der Waals surface area contributed by atoms with E-state index >= 15 is 0 Å². The third-order valence-corrected chi connectivity index (χ3v) is 7.51. The van der Waals surface area contributed by atoms with Crippen molar-refractivity contribution >= 4 is 57.2 Å². The summed E-state index contributed by atoms with van der Waals surface area (Å²) in [6.45, 7) is 0. The zero-order valence-electron chi connectivity index (χ0n) is 15.3. The minimum absolute atomic E-state index is 0.0351. The van der Waals surface area contributed by atoms with Gasteiger partial charge in [0.2, 0.25) is 5.13 Å². The first-order chi connectivity index (χ1) is 14.0. The number of Topliss-reactive ketones (excluding diaryl/α,β-unsaturated/α-hetero) is 1. The fraction of sp³-hybridized carbons (Fsp3) is 0.263. The minimum atomic E-state index is -0.701. The van der Waals surface area contributed by atoms with Crippen molar-refractivity contribution in [3.05, 3.63) is 56.5 Å². The van der Waals surface area contributed by atoms with E-state index in [0.29, 0.717) is 45.6 Å². The highest BCUT2D eigenvalue weighted by Gasteiger charge is 2.42. The number of aromatic nitrogens is 2. The van der Waals surface area contributed by atoms with Crippen LogP contribution in [0.2, 0.25) is 10.0 Å². The highest BCUT2D eigenvalue weighted by Crippen LogP contribution is 2.49. The number of nitrogens with zero attached hydrogens (tertiary/aromatic N) is 4. The van der Waals surface area contributed by atoms with Gasteiger partial charge in [-0.25, -0.2) is 0 Å². The second-order valence-corrected chi connectivity index (χ2v) is 9.33. The number of halogens is 2. The highest BCUT2D eigenvalue weighted by molar-refractivity contribution is 8.00. The lowest BCUT2D eigenvalue weighted by Crippen LogP contribution is -2.38. The fourth-order valence-electron chi connectivity index (χ4n) is 3.76. The smallest absolute Gasteiger partial charge is 0.219 e. The number of thioether (sulfide) groups is 1. The van der Waals surface area contributed by atoms with Gasteiger partial charge < -0.3 is 5.73 Å². The average Bonchev–Trinajstić information content (AvgIpc) is 3.16. The summed E-state index contributed by atoms with van der Waals surface area (Å²) in [6, 6.07) is 7.31. The number of hydrogen-bond donors (Lipinski definition) is 1. The van der Waals surface area contributed by atoms with Gasteiger partial charge in [-0.15, -0.1) is 10.2 Å². The molecule has 148 valence electrons. The molecule has 0 spiro atoms. The van der Waals surface area contributed by atoms with Crippen molar-refractivity contribution in [3.63, 3.8) is 0 Å². The molecule has 0 bridgehead atoms. The first-order valence-electron chi connectivity index (χ1n) is 8.75. The molecule has 2 aliphatic rings. The van der Waals surface area contributed by atoms with Crippen molar-refractivity contribution in [2.75, 3.05) is 11.2 Å². The van der Waals surface area contributed by atoms with Gasteiger partial charge in [-0.3, -0.25) is 9.69 Å². The fourth-order valence-corrected chi connectivity index (χ4v) is 5.67. The van der Waals surface area contributed by atoms with Gasteiger partial charge in [0, 0.05) is 33.3 Å². The van der Waals surface area contributed by atoms with E-state index in [1.165, 1.54) is 23.1 Å². The second kappa shape index (κ2) is 8.00. The topological polar surface area (TPSA) is 95.9 Å². The van der Waals surface area contributed by atoms with Crippen molar-refractivity contribution in [3.8, 4) is 6.07 Å². The van der Waals surface area contributed by atoms with Gasteiger partial charge in [-0.05, 0) is 31.2 Å². The predicted octanol–water partition coefficient (Wildman–Crippen LogP) is 4.87. The van der Waals surface area contributed by atoms with Crippen molar-refractivity contribution in [2.24, 2.45) is 5.73 Å². The van der Waals surface area contributed by atoms with Crippen LogP contribution in [0.15, 0.2) is 45.2 Å². The molecule has 1 aliphatic carbocycles. The van der Waals surface area contributed by atoms with E-state index < -0.39 is 5.92 Å². The van der Waals surface area contributed by atoms with E-state index in [1.54, 1.807) is 23.1 Å². The van der Waals surface area contributed by atoms with Gasteiger partial charge >= 0.3 is 0 Å². The molecule has 6 nitrogen and oxygen atoms in total. The van der Waals surface area contributed by atoms with Crippen LogP contribution in [0.1, 0.15) is 30.7 Å². The zero-order chi connectivity index (χ0) is 20.7. The normalized spacial score (nSPS) is 19.4. The molecule has 0 saturated carbocycles. The van der Waals surface area contributed by atoms with Crippen LogP contribution in [0.4, 0.5) is 5.13 Å². The van der Waals surface area contributed by atoms with E-state index in [1.807, 2.05) is 6.26 Å². The predicted molar refractivity (Wildman–Crippen MR) is 116 cm³/mol. The molecule has 1 atom stereocenters. The Morgan fingerprint density at radius 1 is 1.31 bits per heavy atom. The lowest BCUT2D eigenvalue weighted by molar-refractivity contribution is -0.116. The van der Waals surface area contributed by atoms with E-state index in [9.17, 15) is 10.1 Å². The van der Waals surface area contributed by atoms with Crippen LogP contribution < -0.4 is 10.6 Å². The molecule has 0 amide bonds.